The lowest BCUT2D eigenvalue weighted by Gasteiger charge is -2.53. The molecule has 2 aromatic carbocycles. The average molecular weight is 790 g/mol. The van der Waals surface area contributed by atoms with Crippen molar-refractivity contribution in [1.82, 2.24) is 10.1 Å². The summed E-state index contributed by atoms with van der Waals surface area (Å²) in [6, 6.07) is 9.57. The molecule has 0 unspecified atom stereocenters. The van der Waals surface area contributed by atoms with Crippen molar-refractivity contribution in [1.29, 1.82) is 0 Å². The van der Waals surface area contributed by atoms with Gasteiger partial charge in [0.2, 0.25) is 11.6 Å². The van der Waals surface area contributed by atoms with Gasteiger partial charge >= 0.3 is 0 Å². The third-order valence-electron chi connectivity index (χ3n) is 12.7. The van der Waals surface area contributed by atoms with Crippen molar-refractivity contribution in [2.24, 2.45) is 17.6 Å². The van der Waals surface area contributed by atoms with Gasteiger partial charge in [-0.05, 0) is 89.6 Å². The Hall–Kier alpha value is -3.48. The summed E-state index contributed by atoms with van der Waals surface area (Å²) < 4.78 is 25.3. The molecule has 0 radical (unpaired) electrons. The van der Waals surface area contributed by atoms with Gasteiger partial charge in [-0.2, -0.15) is 0 Å². The molecule has 1 saturated carbocycles. The summed E-state index contributed by atoms with van der Waals surface area (Å²) in [6.07, 6.45) is 4.97. The molecule has 3 aromatic rings. The fraction of sp³-hybridized carbons (Fsp3) is 0.558. The smallest absolute Gasteiger partial charge is 0.265 e. The van der Waals surface area contributed by atoms with E-state index in [1.54, 1.807) is 0 Å². The number of aliphatic hydroxyl groups is 1. The molecule has 4 atom stereocenters. The molecular formula is C43H56ClN3O7Si. The second-order valence-corrected chi connectivity index (χ2v) is 22.5. The van der Waals surface area contributed by atoms with E-state index in [0.29, 0.717) is 42.5 Å². The number of nitrogens with two attached hydrogens (primary N) is 1. The van der Waals surface area contributed by atoms with Crippen LogP contribution in [0.5, 0.6) is 11.6 Å². The molecule has 0 bridgehead atoms. The van der Waals surface area contributed by atoms with Crippen LogP contribution < -0.4 is 15.2 Å². The van der Waals surface area contributed by atoms with Crippen LogP contribution in [-0.2, 0) is 35.2 Å². The lowest BCUT2D eigenvalue weighted by molar-refractivity contribution is -0.138. The Bertz CT molecular complexity index is 2020. The van der Waals surface area contributed by atoms with Crippen LogP contribution in [0.4, 0.5) is 0 Å². The first kappa shape index (κ1) is 39.7. The van der Waals surface area contributed by atoms with Crippen LogP contribution in [0, 0.1) is 11.8 Å². The molecular weight excluding hydrogens is 734 g/mol. The third kappa shape index (κ3) is 6.77. The first-order valence-corrected chi connectivity index (χ1v) is 23.3. The summed E-state index contributed by atoms with van der Waals surface area (Å²) in [4.78, 5) is 33.1. The van der Waals surface area contributed by atoms with Gasteiger partial charge in [-0.1, -0.05) is 83.3 Å². The first-order chi connectivity index (χ1) is 26.1. The maximum Gasteiger partial charge on any atom is 0.265 e. The second kappa shape index (κ2) is 15.1. The molecule has 0 saturated heterocycles. The Morgan fingerprint density at radius 2 is 1.75 bits per heavy atom. The zero-order chi connectivity index (χ0) is 39.4. The minimum Gasteiger partial charge on any atom is -0.507 e. The number of ketones is 2. The molecule has 12 heteroatoms. The Balaban J connectivity index is 1.35. The number of Topliss-reactive ketones (excluding diaryl/α,β-unsaturated/α-hetero) is 2. The van der Waals surface area contributed by atoms with Crippen LogP contribution in [0.25, 0.3) is 5.76 Å². The number of rotatable bonds is 12. The number of carbonyl (C=O) groups is 2. The number of hydrogen-bond donors (Lipinski definition) is 2. The molecule has 10 nitrogen and oxygen atoms in total. The van der Waals surface area contributed by atoms with E-state index in [-0.39, 0.29) is 40.0 Å². The molecule has 3 N–H and O–H groups in total. The number of unbranched alkanes of at least 4 members (excludes halogenated alkanes) is 2. The number of aliphatic hydroxyl groups excluding tert-OH is 1. The number of nitrogens with zero attached hydrogens (tertiary/aromatic N) is 2. The molecule has 1 fully saturated rings. The Kier molecular flexibility index (Phi) is 10.9. The van der Waals surface area contributed by atoms with Gasteiger partial charge in [-0.15, -0.1) is 0 Å². The largest absolute Gasteiger partial charge is 0.507 e. The summed E-state index contributed by atoms with van der Waals surface area (Å²) in [5.41, 5.74) is 9.99. The highest BCUT2D eigenvalue weighted by Gasteiger charge is 2.68. The van der Waals surface area contributed by atoms with Crippen molar-refractivity contribution >= 4 is 37.2 Å². The quantitative estimate of drug-likeness (QED) is 0.104. The Morgan fingerprint density at radius 1 is 1.05 bits per heavy atom. The topological polar surface area (TPSA) is 137 Å². The number of benzene rings is 2. The summed E-state index contributed by atoms with van der Waals surface area (Å²) >= 11 is 7.35. The maximum absolute atomic E-state index is 15.5. The Labute approximate surface area is 330 Å². The van der Waals surface area contributed by atoms with E-state index in [1.165, 1.54) is 11.1 Å². The van der Waals surface area contributed by atoms with Crippen molar-refractivity contribution in [2.45, 2.75) is 122 Å². The highest BCUT2D eigenvalue weighted by atomic mass is 35.5. The van der Waals surface area contributed by atoms with Gasteiger partial charge in [0.15, 0.2) is 19.7 Å². The predicted molar refractivity (Wildman–Crippen MR) is 215 cm³/mol. The van der Waals surface area contributed by atoms with Crippen molar-refractivity contribution in [3.8, 4) is 11.6 Å². The maximum atomic E-state index is 15.5. The molecule has 55 heavy (non-hydrogen) atoms. The summed E-state index contributed by atoms with van der Waals surface area (Å²) in [6.45, 7) is 17.4. The van der Waals surface area contributed by atoms with Gasteiger partial charge in [0.1, 0.15) is 17.1 Å². The molecule has 3 aliphatic carbocycles. The van der Waals surface area contributed by atoms with Gasteiger partial charge in [-0.25, -0.2) is 0 Å². The van der Waals surface area contributed by atoms with Crippen LogP contribution in [-0.4, -0.2) is 60.4 Å². The molecule has 1 aliphatic heterocycles. The van der Waals surface area contributed by atoms with E-state index in [9.17, 15) is 5.11 Å². The van der Waals surface area contributed by atoms with Gasteiger partial charge in [-0.3, -0.25) is 14.5 Å². The van der Waals surface area contributed by atoms with Gasteiger partial charge < -0.3 is 29.3 Å². The molecule has 0 amide bonds. The molecule has 1 aromatic heterocycles. The number of fused-ring (bicyclic) bond motifs is 5. The number of ether oxygens (including phenoxy) is 2. The highest BCUT2D eigenvalue weighted by Crippen LogP contribution is 2.58. The number of halogens is 1. The minimum absolute atomic E-state index is 0.0192. The van der Waals surface area contributed by atoms with Crippen molar-refractivity contribution < 1.29 is 33.1 Å². The highest BCUT2D eigenvalue weighted by molar-refractivity contribution is 6.74. The van der Waals surface area contributed by atoms with Crippen LogP contribution >= 0.6 is 11.6 Å². The lowest BCUT2D eigenvalue weighted by Crippen LogP contribution is -2.68. The molecule has 4 aliphatic rings. The predicted octanol–water partition coefficient (Wildman–Crippen LogP) is 8.93. The van der Waals surface area contributed by atoms with Gasteiger partial charge in [0.05, 0.1) is 24.8 Å². The van der Waals surface area contributed by atoms with Gasteiger partial charge in [0.25, 0.3) is 5.88 Å². The van der Waals surface area contributed by atoms with E-state index in [1.807, 2.05) is 26.1 Å². The first-order valence-electron chi connectivity index (χ1n) is 20.0. The minimum atomic E-state index is -2.86. The summed E-state index contributed by atoms with van der Waals surface area (Å²) in [5.74, 6) is -1.92. The van der Waals surface area contributed by atoms with Crippen molar-refractivity contribution in [2.75, 3.05) is 19.8 Å². The molecule has 2 heterocycles. The Morgan fingerprint density at radius 3 is 2.44 bits per heavy atom. The normalized spacial score (nSPS) is 23.8. The second-order valence-electron chi connectivity index (χ2n) is 17.3. The standard InChI is InChI=1S/C43H56ClN3O7Si/c1-8-10-18-51-31-22-28(24-47-17-16-25-14-12-13-15-26(25)23-47)35(44)29-20-27-21-30-36(45)38-34(41(46-53-38)52-19-11-9-2)40(50)43(30,54-55(6,7)42(3,4)5)39(49)32(27)37(48)33(29)31/h12-15,22,27,30,36,48H,8-11,16-21,23-24,45H2,1-7H3/t27-,30-,36-,43-/m0/s1. The zero-order valence-electron chi connectivity index (χ0n) is 33.4. The number of carbonyl (C=O) groups excluding carboxylic acids is 2. The number of hydrogen-bond acceptors (Lipinski definition) is 10. The van der Waals surface area contributed by atoms with Crippen LogP contribution in [0.3, 0.4) is 0 Å². The molecule has 7 rings (SSSR count). The average Bonchev–Trinajstić information content (AvgIpc) is 3.57. The van der Waals surface area contributed by atoms with E-state index in [4.69, 9.17) is 35.8 Å². The summed E-state index contributed by atoms with van der Waals surface area (Å²) in [5, 5.41) is 16.8. The van der Waals surface area contributed by atoms with E-state index >= 15 is 9.59 Å². The molecule has 296 valence electrons. The van der Waals surface area contributed by atoms with Crippen LogP contribution in [0.2, 0.25) is 23.2 Å². The van der Waals surface area contributed by atoms with E-state index in [0.717, 1.165) is 56.3 Å². The number of aromatic nitrogens is 1. The lowest BCUT2D eigenvalue weighted by atomic mass is 9.57. The SMILES string of the molecule is CCCCOc1cc(CN2CCc3ccccc3C2)c(Cl)c2c1C(O)=C1C(=O)[C@]3(O[Si](C)(C)C(C)(C)C)C(=O)c4c(OCCCC)noc4[C@@H](N)[C@@H]3C[C@@H]1C2. The monoisotopic (exact) mass is 789 g/mol. The fourth-order valence-electron chi connectivity index (χ4n) is 8.59. The summed E-state index contributed by atoms with van der Waals surface area (Å²) in [7, 11) is -2.86. The van der Waals surface area contributed by atoms with Crippen molar-refractivity contribution in [3.05, 3.63) is 80.1 Å². The third-order valence-corrected chi connectivity index (χ3v) is 17.6. The van der Waals surface area contributed by atoms with Gasteiger partial charge in [0, 0.05) is 36.1 Å². The van der Waals surface area contributed by atoms with Crippen LogP contribution in [0.15, 0.2) is 40.4 Å². The van der Waals surface area contributed by atoms with E-state index < -0.39 is 43.4 Å². The van der Waals surface area contributed by atoms with E-state index in [2.05, 4.69) is 62.0 Å². The van der Waals surface area contributed by atoms with Crippen LogP contribution in [0.1, 0.15) is 117 Å². The molecule has 0 spiro atoms. The fourth-order valence-corrected chi connectivity index (χ4v) is 10.3. The zero-order valence-corrected chi connectivity index (χ0v) is 35.1. The van der Waals surface area contributed by atoms with Crippen molar-refractivity contribution in [3.63, 3.8) is 0 Å².